The zero-order chi connectivity index (χ0) is 11.8. The molecule has 6 heteroatoms. The summed E-state index contributed by atoms with van der Waals surface area (Å²) < 4.78 is 10.6. The van der Waals surface area contributed by atoms with Crippen LogP contribution in [0.15, 0.2) is 22.7 Å². The lowest BCUT2D eigenvalue weighted by Gasteiger charge is -2.17. The summed E-state index contributed by atoms with van der Waals surface area (Å²) in [6.45, 7) is 4.12. The third-order valence-corrected chi connectivity index (χ3v) is 2.21. The number of rotatable bonds is 3. The van der Waals surface area contributed by atoms with Crippen LogP contribution in [-0.4, -0.2) is 17.3 Å². The molecule has 0 spiro atoms. The highest BCUT2D eigenvalue weighted by atomic mass is 35.5. The fraction of sp³-hybridized carbons (Fsp3) is 0.364. The van der Waals surface area contributed by atoms with Crippen molar-refractivity contribution >= 4 is 35.0 Å². The van der Waals surface area contributed by atoms with Crippen LogP contribution in [0.4, 0.5) is 0 Å². The van der Waals surface area contributed by atoms with Crippen LogP contribution in [0, 0.1) is 0 Å². The van der Waals surface area contributed by atoms with Gasteiger partial charge in [-0.1, -0.05) is 11.6 Å². The van der Waals surface area contributed by atoms with Crippen molar-refractivity contribution in [3.05, 3.63) is 23.2 Å². The molecule has 0 aliphatic rings. The average molecular weight is 277 g/mol. The van der Waals surface area contributed by atoms with Crippen LogP contribution in [0.3, 0.4) is 0 Å². The van der Waals surface area contributed by atoms with Crippen molar-refractivity contribution in [3.63, 3.8) is 0 Å². The van der Waals surface area contributed by atoms with Gasteiger partial charge in [0.2, 0.25) is 0 Å². The Morgan fingerprint density at radius 3 is 2.82 bits per heavy atom. The fourth-order valence-corrected chi connectivity index (χ4v) is 1.42. The predicted octanol–water partition coefficient (Wildman–Crippen LogP) is 3.02. The maximum absolute atomic E-state index is 5.89. The van der Waals surface area contributed by atoms with Crippen LogP contribution in [0.1, 0.15) is 13.8 Å². The lowest BCUT2D eigenvalue weighted by molar-refractivity contribution is 0.225. The van der Waals surface area contributed by atoms with Crippen molar-refractivity contribution in [2.75, 3.05) is 6.61 Å². The van der Waals surface area contributed by atoms with Crippen LogP contribution < -0.4 is 10.5 Å². The third kappa shape index (κ3) is 3.49. The van der Waals surface area contributed by atoms with E-state index in [0.717, 1.165) is 5.39 Å². The zero-order valence-electron chi connectivity index (χ0n) is 9.57. The number of fused-ring (bicyclic) bond motifs is 1. The number of benzene rings is 1. The standard InChI is InChI=1S/C11H13ClN2O2.ClH/c1-11(2,13)6-15-10-8-5-7(12)3-4-9(8)16-14-10;/h3-5H,6,13H2,1-2H3;1H. The number of ether oxygens (including phenoxy) is 1. The molecule has 1 heterocycles. The van der Waals surface area contributed by atoms with Gasteiger partial charge in [-0.15, -0.1) is 12.4 Å². The second-order valence-corrected chi connectivity index (χ2v) is 4.84. The van der Waals surface area contributed by atoms with Crippen molar-refractivity contribution in [1.82, 2.24) is 5.16 Å². The molecular formula is C11H14Cl2N2O2. The summed E-state index contributed by atoms with van der Waals surface area (Å²) in [5.74, 6) is 0.427. The number of halogens is 2. The predicted molar refractivity (Wildman–Crippen MR) is 70.0 cm³/mol. The first-order valence-electron chi connectivity index (χ1n) is 4.92. The van der Waals surface area contributed by atoms with E-state index in [1.165, 1.54) is 0 Å². The molecule has 0 saturated heterocycles. The van der Waals surface area contributed by atoms with E-state index in [4.69, 9.17) is 26.6 Å². The first-order chi connectivity index (χ1) is 7.46. The molecule has 0 radical (unpaired) electrons. The summed E-state index contributed by atoms with van der Waals surface area (Å²) in [5, 5.41) is 5.21. The Hall–Kier alpha value is -0.970. The number of nitrogens with two attached hydrogens (primary N) is 1. The molecule has 2 N–H and O–H groups in total. The highest BCUT2D eigenvalue weighted by molar-refractivity contribution is 6.31. The van der Waals surface area contributed by atoms with E-state index in [1.807, 2.05) is 13.8 Å². The maximum Gasteiger partial charge on any atom is 0.262 e. The molecule has 0 fully saturated rings. The van der Waals surface area contributed by atoms with Crippen LogP contribution in [0.5, 0.6) is 5.88 Å². The largest absolute Gasteiger partial charge is 0.473 e. The van der Waals surface area contributed by atoms with Crippen molar-refractivity contribution in [2.24, 2.45) is 5.73 Å². The van der Waals surface area contributed by atoms with Gasteiger partial charge in [-0.25, -0.2) is 0 Å². The summed E-state index contributed by atoms with van der Waals surface area (Å²) in [6, 6.07) is 5.25. The summed E-state index contributed by atoms with van der Waals surface area (Å²) >= 11 is 5.89. The van der Waals surface area contributed by atoms with Gasteiger partial charge in [-0.2, -0.15) is 0 Å². The lowest BCUT2D eigenvalue weighted by Crippen LogP contribution is -2.38. The molecule has 0 bridgehead atoms. The highest BCUT2D eigenvalue weighted by Crippen LogP contribution is 2.27. The molecule has 2 rings (SSSR count). The van der Waals surface area contributed by atoms with Crippen molar-refractivity contribution in [3.8, 4) is 5.88 Å². The molecule has 1 aromatic heterocycles. The summed E-state index contributed by atoms with van der Waals surface area (Å²) in [5.41, 5.74) is 6.05. The summed E-state index contributed by atoms with van der Waals surface area (Å²) in [7, 11) is 0. The van der Waals surface area contributed by atoms with E-state index in [2.05, 4.69) is 5.16 Å². The van der Waals surface area contributed by atoms with E-state index in [-0.39, 0.29) is 12.4 Å². The normalized spacial score (nSPS) is 11.3. The SMILES string of the molecule is CC(C)(N)COc1noc2ccc(Cl)cc12.Cl. The quantitative estimate of drug-likeness (QED) is 0.936. The first-order valence-corrected chi connectivity index (χ1v) is 5.30. The molecule has 0 unspecified atom stereocenters. The van der Waals surface area contributed by atoms with E-state index in [1.54, 1.807) is 18.2 Å². The number of nitrogens with zero attached hydrogens (tertiary/aromatic N) is 1. The lowest BCUT2D eigenvalue weighted by atomic mass is 10.1. The van der Waals surface area contributed by atoms with Crippen molar-refractivity contribution in [2.45, 2.75) is 19.4 Å². The fourth-order valence-electron chi connectivity index (χ4n) is 1.25. The average Bonchev–Trinajstić information content (AvgIpc) is 2.56. The molecular weight excluding hydrogens is 263 g/mol. The molecule has 2 aromatic rings. The number of hydrogen-bond acceptors (Lipinski definition) is 4. The van der Waals surface area contributed by atoms with E-state index in [0.29, 0.717) is 23.1 Å². The number of aromatic nitrogens is 1. The van der Waals surface area contributed by atoms with Crippen LogP contribution in [0.2, 0.25) is 5.02 Å². The minimum Gasteiger partial charge on any atom is -0.473 e. The van der Waals surface area contributed by atoms with Crippen molar-refractivity contribution < 1.29 is 9.26 Å². The third-order valence-electron chi connectivity index (χ3n) is 1.98. The molecule has 0 atom stereocenters. The van der Waals surface area contributed by atoms with Gasteiger partial charge in [0, 0.05) is 10.6 Å². The smallest absolute Gasteiger partial charge is 0.262 e. The summed E-state index contributed by atoms with van der Waals surface area (Å²) in [4.78, 5) is 0. The molecule has 17 heavy (non-hydrogen) atoms. The Morgan fingerprint density at radius 2 is 2.18 bits per heavy atom. The summed E-state index contributed by atoms with van der Waals surface area (Å²) in [6.07, 6.45) is 0. The van der Waals surface area contributed by atoms with E-state index in [9.17, 15) is 0 Å². The molecule has 0 saturated carbocycles. The van der Waals surface area contributed by atoms with Gasteiger partial charge in [0.25, 0.3) is 5.88 Å². The first kappa shape index (κ1) is 14.1. The second-order valence-electron chi connectivity index (χ2n) is 4.41. The molecule has 94 valence electrons. The van der Waals surface area contributed by atoms with E-state index < -0.39 is 5.54 Å². The number of hydrogen-bond donors (Lipinski definition) is 1. The van der Waals surface area contributed by atoms with Gasteiger partial charge in [-0.05, 0) is 37.2 Å². The minimum absolute atomic E-state index is 0. The van der Waals surface area contributed by atoms with Crippen LogP contribution in [0.25, 0.3) is 11.0 Å². The molecule has 0 aliphatic heterocycles. The molecule has 0 amide bonds. The monoisotopic (exact) mass is 276 g/mol. The molecule has 1 aromatic carbocycles. The maximum atomic E-state index is 5.89. The van der Waals surface area contributed by atoms with Gasteiger partial charge >= 0.3 is 0 Å². The van der Waals surface area contributed by atoms with E-state index >= 15 is 0 Å². The van der Waals surface area contributed by atoms with Gasteiger partial charge in [0.15, 0.2) is 5.58 Å². The second kappa shape index (κ2) is 5.12. The molecule has 4 nitrogen and oxygen atoms in total. The van der Waals surface area contributed by atoms with Gasteiger partial charge in [0.05, 0.1) is 5.39 Å². The Bertz CT molecular complexity index is 506. The van der Waals surface area contributed by atoms with Gasteiger partial charge < -0.3 is 15.0 Å². The Morgan fingerprint density at radius 1 is 1.47 bits per heavy atom. The van der Waals surface area contributed by atoms with Gasteiger partial charge in [-0.3, -0.25) is 0 Å². The topological polar surface area (TPSA) is 61.3 Å². The zero-order valence-corrected chi connectivity index (χ0v) is 11.1. The highest BCUT2D eigenvalue weighted by Gasteiger charge is 2.15. The van der Waals surface area contributed by atoms with Crippen LogP contribution >= 0.6 is 24.0 Å². The van der Waals surface area contributed by atoms with Gasteiger partial charge in [0.1, 0.15) is 6.61 Å². The Balaban J connectivity index is 0.00000144. The van der Waals surface area contributed by atoms with Crippen molar-refractivity contribution in [1.29, 1.82) is 0 Å². The van der Waals surface area contributed by atoms with Crippen LogP contribution in [-0.2, 0) is 0 Å². The Labute approximate surface area is 110 Å². The molecule has 0 aliphatic carbocycles. The minimum atomic E-state index is -0.413. The Kier molecular flexibility index (Phi) is 4.25.